The quantitative estimate of drug-likeness (QED) is 0.241. The van der Waals surface area contributed by atoms with Crippen molar-refractivity contribution < 1.29 is 4.42 Å². The Morgan fingerprint density at radius 2 is 1.33 bits per heavy atom. The van der Waals surface area contributed by atoms with Gasteiger partial charge in [0.1, 0.15) is 22.4 Å². The summed E-state index contributed by atoms with van der Waals surface area (Å²) in [5.74, 6) is 0.600. The number of nitrogens with zero attached hydrogens (tertiary/aromatic N) is 5. The number of fused-ring (bicyclic) bond motifs is 9. The average Bonchev–Trinajstić information content (AvgIpc) is 3.65. The zero-order chi connectivity index (χ0) is 25.5. The van der Waals surface area contributed by atoms with Crippen LogP contribution in [0.4, 0.5) is 0 Å². The maximum absolute atomic E-state index is 6.33. The normalized spacial score (nSPS) is 12.1. The highest BCUT2D eigenvalue weighted by Crippen LogP contribution is 2.37. The van der Waals surface area contributed by atoms with Gasteiger partial charge >= 0.3 is 0 Å². The number of imidazole rings is 1. The third kappa shape index (κ3) is 2.82. The average molecular weight is 502 g/mol. The summed E-state index contributed by atoms with van der Waals surface area (Å²) >= 11 is 0. The van der Waals surface area contributed by atoms with Gasteiger partial charge in [-0.1, -0.05) is 72.8 Å². The third-order valence-corrected chi connectivity index (χ3v) is 7.56. The van der Waals surface area contributed by atoms with Crippen molar-refractivity contribution in [2.75, 3.05) is 0 Å². The maximum atomic E-state index is 6.33. The molecule has 0 atom stereocenters. The fourth-order valence-corrected chi connectivity index (χ4v) is 5.80. The van der Waals surface area contributed by atoms with Crippen molar-refractivity contribution in [1.29, 1.82) is 0 Å². The molecule has 0 bridgehead atoms. The van der Waals surface area contributed by atoms with Gasteiger partial charge in [0.25, 0.3) is 0 Å². The van der Waals surface area contributed by atoms with E-state index in [-0.39, 0.29) is 0 Å². The molecule has 6 heteroatoms. The Morgan fingerprint density at radius 3 is 2.23 bits per heavy atom. The molecular weight excluding hydrogens is 482 g/mol. The minimum atomic E-state index is 0.600. The van der Waals surface area contributed by atoms with E-state index >= 15 is 0 Å². The number of rotatable bonds is 2. The molecule has 0 unspecified atom stereocenters. The predicted molar refractivity (Wildman–Crippen MR) is 155 cm³/mol. The van der Waals surface area contributed by atoms with Crippen molar-refractivity contribution in [2.45, 2.75) is 0 Å². The molecule has 6 nitrogen and oxygen atoms in total. The largest absolute Gasteiger partial charge is 0.452 e. The van der Waals surface area contributed by atoms with Gasteiger partial charge in [0.05, 0.1) is 22.1 Å². The van der Waals surface area contributed by atoms with Crippen molar-refractivity contribution in [2.24, 2.45) is 0 Å². The molecule has 5 aromatic heterocycles. The summed E-state index contributed by atoms with van der Waals surface area (Å²) in [5, 5.41) is 3.21. The number of hydrogen-bond donors (Lipinski definition) is 0. The molecule has 0 aliphatic rings. The number of aromatic nitrogens is 5. The lowest BCUT2D eigenvalue weighted by atomic mass is 10.1. The van der Waals surface area contributed by atoms with Crippen LogP contribution in [0.25, 0.3) is 77.8 Å². The first-order valence-electron chi connectivity index (χ1n) is 12.9. The molecule has 0 aliphatic heterocycles. The second-order valence-electron chi connectivity index (χ2n) is 9.77. The summed E-state index contributed by atoms with van der Waals surface area (Å²) in [4.78, 5) is 15.2. The summed E-state index contributed by atoms with van der Waals surface area (Å²) in [6, 6.07) is 37.0. The van der Waals surface area contributed by atoms with Gasteiger partial charge in [0.15, 0.2) is 5.58 Å². The maximum Gasteiger partial charge on any atom is 0.236 e. The smallest absolute Gasteiger partial charge is 0.236 e. The fourth-order valence-electron chi connectivity index (χ4n) is 5.80. The highest BCUT2D eigenvalue weighted by Gasteiger charge is 2.21. The van der Waals surface area contributed by atoms with E-state index in [0.717, 1.165) is 66.2 Å². The molecule has 0 radical (unpaired) electrons. The van der Waals surface area contributed by atoms with Gasteiger partial charge in [-0.2, -0.15) is 0 Å². The second kappa shape index (κ2) is 7.52. The van der Waals surface area contributed by atoms with Crippen molar-refractivity contribution in [3.05, 3.63) is 115 Å². The Bertz CT molecular complexity index is 2400. The molecule has 0 aliphatic carbocycles. The molecule has 0 saturated carbocycles. The zero-order valence-corrected chi connectivity index (χ0v) is 20.6. The van der Waals surface area contributed by atoms with Crippen LogP contribution >= 0.6 is 0 Å². The van der Waals surface area contributed by atoms with E-state index in [1.807, 2.05) is 54.6 Å². The molecule has 0 fully saturated rings. The van der Waals surface area contributed by atoms with Crippen LogP contribution < -0.4 is 0 Å². The Labute approximate surface area is 221 Å². The van der Waals surface area contributed by atoms with Crippen LogP contribution in [-0.2, 0) is 0 Å². The summed E-state index contributed by atoms with van der Waals surface area (Å²) in [6.45, 7) is 0. The van der Waals surface area contributed by atoms with Crippen molar-refractivity contribution in [1.82, 2.24) is 23.9 Å². The van der Waals surface area contributed by atoms with E-state index in [4.69, 9.17) is 19.4 Å². The number of pyridine rings is 1. The van der Waals surface area contributed by atoms with Gasteiger partial charge in [-0.25, -0.2) is 15.0 Å². The van der Waals surface area contributed by atoms with Crippen LogP contribution in [-0.4, -0.2) is 23.9 Å². The molecule has 0 amide bonds. The van der Waals surface area contributed by atoms with Gasteiger partial charge in [-0.15, -0.1) is 0 Å². The molecule has 39 heavy (non-hydrogen) atoms. The molecule has 0 spiro atoms. The highest BCUT2D eigenvalue weighted by atomic mass is 16.3. The summed E-state index contributed by atoms with van der Waals surface area (Å²) in [5.41, 5.74) is 9.03. The molecule has 4 aromatic carbocycles. The van der Waals surface area contributed by atoms with Crippen LogP contribution in [0.3, 0.4) is 0 Å². The summed E-state index contributed by atoms with van der Waals surface area (Å²) < 4.78 is 10.6. The van der Waals surface area contributed by atoms with Crippen LogP contribution in [0.2, 0.25) is 0 Å². The number of para-hydroxylation sites is 4. The lowest BCUT2D eigenvalue weighted by Gasteiger charge is -2.09. The van der Waals surface area contributed by atoms with Crippen molar-refractivity contribution in [3.63, 3.8) is 0 Å². The van der Waals surface area contributed by atoms with E-state index in [0.29, 0.717) is 11.5 Å². The molecule has 9 rings (SSSR count). The minimum absolute atomic E-state index is 0.600. The van der Waals surface area contributed by atoms with E-state index < -0.39 is 0 Å². The van der Waals surface area contributed by atoms with E-state index in [9.17, 15) is 0 Å². The van der Waals surface area contributed by atoms with Crippen LogP contribution in [0.15, 0.2) is 120 Å². The van der Waals surface area contributed by atoms with E-state index in [1.165, 1.54) is 0 Å². The topological polar surface area (TPSA) is 61.2 Å². The second-order valence-corrected chi connectivity index (χ2v) is 9.77. The Kier molecular flexibility index (Phi) is 3.96. The lowest BCUT2D eigenvalue weighted by molar-refractivity contribution is 0.666. The summed E-state index contributed by atoms with van der Waals surface area (Å²) in [7, 11) is 0. The molecule has 5 heterocycles. The first kappa shape index (κ1) is 20.6. The van der Waals surface area contributed by atoms with Crippen LogP contribution in [0.5, 0.6) is 0 Å². The van der Waals surface area contributed by atoms with Crippen LogP contribution in [0, 0.1) is 0 Å². The van der Waals surface area contributed by atoms with E-state index in [1.54, 1.807) is 0 Å². The number of benzene rings is 4. The monoisotopic (exact) mass is 501 g/mol. The number of furan rings is 1. The third-order valence-electron chi connectivity index (χ3n) is 7.56. The highest BCUT2D eigenvalue weighted by molar-refractivity contribution is 6.11. The molecule has 0 saturated heterocycles. The van der Waals surface area contributed by atoms with Gasteiger partial charge in [0, 0.05) is 27.9 Å². The Balaban J connectivity index is 1.46. The van der Waals surface area contributed by atoms with Crippen LogP contribution in [0.1, 0.15) is 0 Å². The van der Waals surface area contributed by atoms with E-state index in [2.05, 4.69) is 69.8 Å². The SMILES string of the molecule is c1ccc(-c2nc(-n3c4ccccc4c4cc5nc6ccccc6n5cc43)nc3c2oc2ccccc23)cc1. The molecule has 0 N–H and O–H groups in total. The zero-order valence-electron chi connectivity index (χ0n) is 20.6. The lowest BCUT2D eigenvalue weighted by Crippen LogP contribution is -2.03. The predicted octanol–water partition coefficient (Wildman–Crippen LogP) is 7.94. The Morgan fingerprint density at radius 1 is 0.590 bits per heavy atom. The minimum Gasteiger partial charge on any atom is -0.452 e. The number of hydrogen-bond acceptors (Lipinski definition) is 4. The van der Waals surface area contributed by atoms with Gasteiger partial charge in [-0.3, -0.25) is 8.97 Å². The molecular formula is C33H19N5O. The molecule has 9 aromatic rings. The van der Waals surface area contributed by atoms with Gasteiger partial charge in [-0.05, 0) is 36.4 Å². The van der Waals surface area contributed by atoms with Gasteiger partial charge in [0.2, 0.25) is 5.95 Å². The van der Waals surface area contributed by atoms with Crippen molar-refractivity contribution >= 4 is 60.6 Å². The first-order valence-corrected chi connectivity index (χ1v) is 12.9. The van der Waals surface area contributed by atoms with Gasteiger partial charge < -0.3 is 4.42 Å². The first-order chi connectivity index (χ1) is 19.3. The Hall–Kier alpha value is -5.49. The van der Waals surface area contributed by atoms with Crippen molar-refractivity contribution in [3.8, 4) is 17.2 Å². The summed E-state index contributed by atoms with van der Waals surface area (Å²) in [6.07, 6.45) is 2.16. The fraction of sp³-hybridized carbons (Fsp3) is 0. The standard InChI is InChI=1S/C33H19N5O/c1-2-10-20(11-3-1)30-32-31(22-13-5-9-17-28(22)39-32)36-33(35-30)38-25-15-7-4-12-21(25)23-18-29-34-24-14-6-8-16-26(24)37(29)19-27(23)38/h1-19H. The molecule has 182 valence electrons.